The van der Waals surface area contributed by atoms with E-state index >= 15 is 0 Å². The van der Waals surface area contributed by atoms with Gasteiger partial charge in [-0.15, -0.1) is 0 Å². The van der Waals surface area contributed by atoms with E-state index in [2.05, 4.69) is 230 Å². The quantitative estimate of drug-likeness (QED) is 0.137. The van der Waals surface area contributed by atoms with Crippen molar-refractivity contribution in [3.63, 3.8) is 0 Å². The summed E-state index contributed by atoms with van der Waals surface area (Å²) >= 11 is 0. The van der Waals surface area contributed by atoms with Crippen molar-refractivity contribution < 1.29 is 0 Å². The van der Waals surface area contributed by atoms with E-state index in [1.165, 1.54) is 22.3 Å². The predicted molar refractivity (Wildman–Crippen MR) is 216 cm³/mol. The van der Waals surface area contributed by atoms with Crippen LogP contribution in [0, 0.1) is 13.8 Å². The van der Waals surface area contributed by atoms with Crippen LogP contribution in [0.2, 0.25) is 0 Å². The molecule has 0 saturated heterocycles. The summed E-state index contributed by atoms with van der Waals surface area (Å²) in [6.07, 6.45) is 8.68. The van der Waals surface area contributed by atoms with Gasteiger partial charge in [0.25, 0.3) is 0 Å². The van der Waals surface area contributed by atoms with Gasteiger partial charge < -0.3 is 9.80 Å². The minimum atomic E-state index is 1.13. The van der Waals surface area contributed by atoms with Gasteiger partial charge in [0.15, 0.2) is 0 Å². The summed E-state index contributed by atoms with van der Waals surface area (Å²) in [5, 5.41) is 0. The number of hydrogen-bond donors (Lipinski definition) is 0. The molecule has 2 heteroatoms. The maximum absolute atomic E-state index is 2.29. The summed E-state index contributed by atoms with van der Waals surface area (Å²) in [6.45, 7) is 4.24. The number of nitrogens with zero attached hydrogens (tertiary/aromatic N) is 2. The normalized spacial score (nSPS) is 11.2. The molecule has 2 nitrogen and oxygen atoms in total. The summed E-state index contributed by atoms with van der Waals surface area (Å²) in [5.74, 6) is 0. The van der Waals surface area contributed by atoms with E-state index < -0.39 is 0 Å². The molecule has 0 bridgehead atoms. The standard InChI is InChI=1S/C48H40N2/c1-37-13-29-45(30-14-37)49(43-9-5-3-6-10-43)47-33-25-41(26-34-47)23-21-39-17-19-40(20-18-39)22-24-42-27-35-48(36-28-42)50(44-11-7-4-8-12-44)46-31-15-38(2)16-32-46/h3-36H,1-2H3/b23-21+,24-22?. The Kier molecular flexibility index (Phi) is 9.80. The van der Waals surface area contributed by atoms with E-state index in [1.54, 1.807) is 0 Å². The van der Waals surface area contributed by atoms with Gasteiger partial charge in [0.2, 0.25) is 0 Å². The van der Waals surface area contributed by atoms with E-state index in [4.69, 9.17) is 0 Å². The van der Waals surface area contributed by atoms with Crippen LogP contribution in [0.1, 0.15) is 33.4 Å². The van der Waals surface area contributed by atoms with Crippen LogP contribution in [0.5, 0.6) is 0 Å². The van der Waals surface area contributed by atoms with Gasteiger partial charge in [-0.25, -0.2) is 0 Å². The number of hydrogen-bond acceptors (Lipinski definition) is 2. The third-order valence-electron chi connectivity index (χ3n) is 8.79. The van der Waals surface area contributed by atoms with Crippen molar-refractivity contribution in [2.75, 3.05) is 9.80 Å². The summed E-state index contributed by atoms with van der Waals surface area (Å²) in [7, 11) is 0. The lowest BCUT2D eigenvalue weighted by Gasteiger charge is -2.25. The number of aryl methyl sites for hydroxylation is 2. The highest BCUT2D eigenvalue weighted by Gasteiger charge is 2.13. The first-order valence-electron chi connectivity index (χ1n) is 17.1. The van der Waals surface area contributed by atoms with Gasteiger partial charge in [-0.2, -0.15) is 0 Å². The smallest absolute Gasteiger partial charge is 0.0462 e. The Balaban J connectivity index is 1.02. The van der Waals surface area contributed by atoms with E-state index in [1.807, 2.05) is 0 Å². The first kappa shape index (κ1) is 32.2. The Bertz CT molecular complexity index is 2000. The minimum absolute atomic E-state index is 1.13. The van der Waals surface area contributed by atoms with E-state index in [-0.39, 0.29) is 0 Å². The Morgan fingerprint density at radius 2 is 0.480 bits per heavy atom. The molecule has 50 heavy (non-hydrogen) atoms. The van der Waals surface area contributed by atoms with Gasteiger partial charge in [0.1, 0.15) is 0 Å². The van der Waals surface area contributed by atoms with Gasteiger partial charge in [0.05, 0.1) is 0 Å². The van der Waals surface area contributed by atoms with Gasteiger partial charge in [0, 0.05) is 34.1 Å². The molecular formula is C48H40N2. The van der Waals surface area contributed by atoms with Crippen molar-refractivity contribution in [1.82, 2.24) is 0 Å². The maximum Gasteiger partial charge on any atom is 0.0462 e. The lowest BCUT2D eigenvalue weighted by Crippen LogP contribution is -2.09. The number of rotatable bonds is 10. The lowest BCUT2D eigenvalue weighted by atomic mass is 10.1. The largest absolute Gasteiger partial charge is 0.311 e. The third kappa shape index (κ3) is 7.84. The van der Waals surface area contributed by atoms with Crippen molar-refractivity contribution in [2.24, 2.45) is 0 Å². The van der Waals surface area contributed by atoms with E-state index in [0.717, 1.165) is 45.3 Å². The monoisotopic (exact) mass is 644 g/mol. The average molecular weight is 645 g/mol. The van der Waals surface area contributed by atoms with Gasteiger partial charge >= 0.3 is 0 Å². The topological polar surface area (TPSA) is 6.48 Å². The molecule has 0 saturated carbocycles. The molecule has 0 aliphatic carbocycles. The van der Waals surface area contributed by atoms with Crippen LogP contribution < -0.4 is 9.80 Å². The molecule has 0 fully saturated rings. The average Bonchev–Trinajstić information content (AvgIpc) is 3.17. The molecule has 0 spiro atoms. The molecule has 0 heterocycles. The summed E-state index contributed by atoms with van der Waals surface area (Å²) in [5.41, 5.74) is 14.0. The lowest BCUT2D eigenvalue weighted by molar-refractivity contribution is 1.27. The molecule has 0 aliphatic heterocycles. The van der Waals surface area contributed by atoms with Crippen LogP contribution in [0.3, 0.4) is 0 Å². The first-order valence-corrected chi connectivity index (χ1v) is 17.1. The van der Waals surface area contributed by atoms with Crippen LogP contribution in [-0.4, -0.2) is 0 Å². The highest BCUT2D eigenvalue weighted by atomic mass is 15.1. The molecule has 0 N–H and O–H groups in total. The van der Waals surface area contributed by atoms with E-state index in [0.29, 0.717) is 0 Å². The molecule has 0 amide bonds. The van der Waals surface area contributed by atoms with Crippen LogP contribution >= 0.6 is 0 Å². The molecule has 0 radical (unpaired) electrons. The maximum atomic E-state index is 2.29. The predicted octanol–water partition coefficient (Wildman–Crippen LogP) is 13.6. The zero-order chi connectivity index (χ0) is 34.1. The molecule has 0 atom stereocenters. The fourth-order valence-electron chi connectivity index (χ4n) is 6.01. The molecule has 0 aliphatic rings. The number of benzene rings is 7. The zero-order valence-electron chi connectivity index (χ0n) is 28.5. The molecule has 0 unspecified atom stereocenters. The van der Waals surface area contributed by atoms with Crippen LogP contribution in [0.25, 0.3) is 24.3 Å². The fourth-order valence-corrected chi connectivity index (χ4v) is 6.01. The molecule has 7 aromatic rings. The molecule has 0 aromatic heterocycles. The Morgan fingerprint density at radius 3 is 0.760 bits per heavy atom. The molecule has 242 valence electrons. The van der Waals surface area contributed by atoms with Gasteiger partial charge in [-0.1, -0.05) is 145 Å². The molecule has 7 rings (SSSR count). The second-order valence-electron chi connectivity index (χ2n) is 12.5. The second-order valence-corrected chi connectivity index (χ2v) is 12.5. The SMILES string of the molecule is Cc1ccc(N(c2ccccc2)c2ccc(C=Cc3ccc(/C=C/c4ccc(N(c5ccccc5)c5ccc(C)cc5)cc4)cc3)cc2)cc1. The second kappa shape index (κ2) is 15.2. The first-order chi connectivity index (χ1) is 24.6. The highest BCUT2D eigenvalue weighted by molar-refractivity contribution is 5.80. The third-order valence-corrected chi connectivity index (χ3v) is 8.79. The summed E-state index contributed by atoms with van der Waals surface area (Å²) < 4.78 is 0. The fraction of sp³-hybridized carbons (Fsp3) is 0.0417. The van der Waals surface area contributed by atoms with Crippen molar-refractivity contribution in [1.29, 1.82) is 0 Å². The Morgan fingerprint density at radius 1 is 0.260 bits per heavy atom. The molecule has 7 aromatic carbocycles. The van der Waals surface area contributed by atoms with Gasteiger partial charge in [-0.05, 0) is 109 Å². The zero-order valence-corrected chi connectivity index (χ0v) is 28.5. The van der Waals surface area contributed by atoms with Gasteiger partial charge in [-0.3, -0.25) is 0 Å². The van der Waals surface area contributed by atoms with Crippen LogP contribution in [0.15, 0.2) is 182 Å². The van der Waals surface area contributed by atoms with Crippen molar-refractivity contribution in [2.45, 2.75) is 13.8 Å². The Labute approximate surface area is 296 Å². The summed E-state index contributed by atoms with van der Waals surface area (Å²) in [4.78, 5) is 4.58. The number of anilines is 6. The number of para-hydroxylation sites is 2. The minimum Gasteiger partial charge on any atom is -0.311 e. The van der Waals surface area contributed by atoms with Crippen LogP contribution in [0.4, 0.5) is 34.1 Å². The van der Waals surface area contributed by atoms with Crippen molar-refractivity contribution in [3.8, 4) is 0 Å². The van der Waals surface area contributed by atoms with Crippen molar-refractivity contribution in [3.05, 3.63) is 215 Å². The Hall–Kier alpha value is -6.38. The molecular weight excluding hydrogens is 605 g/mol. The van der Waals surface area contributed by atoms with Crippen LogP contribution in [-0.2, 0) is 0 Å². The van der Waals surface area contributed by atoms with Crippen molar-refractivity contribution >= 4 is 58.4 Å². The van der Waals surface area contributed by atoms with E-state index in [9.17, 15) is 0 Å². The highest BCUT2D eigenvalue weighted by Crippen LogP contribution is 2.36. The summed E-state index contributed by atoms with van der Waals surface area (Å²) in [6, 6.07) is 64.5.